The maximum Gasteiger partial charge on any atom is 0.270 e. The first-order chi connectivity index (χ1) is 16.6. The van der Waals surface area contributed by atoms with Crippen molar-refractivity contribution in [2.75, 3.05) is 24.6 Å². The van der Waals surface area contributed by atoms with Gasteiger partial charge in [0.15, 0.2) is 9.84 Å². The standard InChI is InChI=1S/C25H24Cl2FN3O3S/c26-18-6-9-22(21(27)13-18)30-24-17(12-16-4-7-19(28)8-5-16)14-35(33,34)15-20(24)23(29)25(32)31-10-2-1-3-11-31/h4-9,12-13H,1-3,10-11,14-15,29H2. The number of carbonyl (C=O) groups excluding carboxylic acids is 1. The molecule has 0 saturated carbocycles. The first kappa shape index (κ1) is 25.4. The molecule has 0 spiro atoms. The number of hydrogen-bond acceptors (Lipinski definition) is 5. The number of aliphatic imine (C=N–C) groups is 1. The largest absolute Gasteiger partial charge is 0.394 e. The minimum absolute atomic E-state index is 0.131. The van der Waals surface area contributed by atoms with Gasteiger partial charge in [0.2, 0.25) is 0 Å². The minimum atomic E-state index is -3.65. The van der Waals surface area contributed by atoms with E-state index in [9.17, 15) is 17.6 Å². The van der Waals surface area contributed by atoms with Crippen LogP contribution in [-0.2, 0) is 14.6 Å². The number of benzene rings is 2. The Balaban J connectivity index is 1.90. The first-order valence-corrected chi connectivity index (χ1v) is 13.7. The van der Waals surface area contributed by atoms with E-state index >= 15 is 0 Å². The Morgan fingerprint density at radius 2 is 1.71 bits per heavy atom. The highest BCUT2D eigenvalue weighted by atomic mass is 35.5. The lowest BCUT2D eigenvalue weighted by Gasteiger charge is -2.29. The van der Waals surface area contributed by atoms with E-state index in [1.54, 1.807) is 23.1 Å². The second-order valence-electron chi connectivity index (χ2n) is 8.55. The Kier molecular flexibility index (Phi) is 7.64. The van der Waals surface area contributed by atoms with Crippen LogP contribution in [0.25, 0.3) is 6.08 Å². The van der Waals surface area contributed by atoms with Gasteiger partial charge in [0.05, 0.1) is 27.9 Å². The van der Waals surface area contributed by atoms with Gasteiger partial charge in [0.1, 0.15) is 11.5 Å². The summed E-state index contributed by atoms with van der Waals surface area (Å²) in [5.74, 6) is -1.57. The Labute approximate surface area is 213 Å². The number of hydrogen-bond donors (Lipinski definition) is 1. The van der Waals surface area contributed by atoms with Crippen LogP contribution in [0.2, 0.25) is 10.0 Å². The van der Waals surface area contributed by atoms with Crippen LogP contribution in [0.4, 0.5) is 10.1 Å². The third kappa shape index (κ3) is 6.12. The zero-order chi connectivity index (χ0) is 25.2. The molecule has 4 rings (SSSR count). The van der Waals surface area contributed by atoms with Gasteiger partial charge in [-0.05, 0) is 66.8 Å². The summed E-state index contributed by atoms with van der Waals surface area (Å²) >= 11 is 12.4. The molecule has 0 radical (unpaired) electrons. The SMILES string of the molecule is NC(C(=O)N1CCCCC1)=C1CS(=O)(=O)CC(=Cc2ccc(F)cc2)C1=Nc1ccc(Cl)cc1Cl. The summed E-state index contributed by atoms with van der Waals surface area (Å²) in [4.78, 5) is 19.5. The van der Waals surface area contributed by atoms with E-state index in [1.165, 1.54) is 30.3 Å². The van der Waals surface area contributed by atoms with E-state index in [4.69, 9.17) is 28.9 Å². The Bertz CT molecular complexity index is 1350. The average molecular weight is 536 g/mol. The molecule has 10 heteroatoms. The van der Waals surface area contributed by atoms with Gasteiger partial charge in [0.25, 0.3) is 5.91 Å². The third-order valence-electron chi connectivity index (χ3n) is 5.88. The number of rotatable bonds is 3. The predicted octanol–water partition coefficient (Wildman–Crippen LogP) is 4.94. The lowest BCUT2D eigenvalue weighted by Crippen LogP contribution is -2.41. The zero-order valence-electron chi connectivity index (χ0n) is 18.8. The normalized spacial score (nSPS) is 21.9. The van der Waals surface area contributed by atoms with Crippen molar-refractivity contribution in [2.45, 2.75) is 19.3 Å². The molecule has 0 bridgehead atoms. The van der Waals surface area contributed by atoms with Crippen molar-refractivity contribution >= 4 is 56.4 Å². The third-order valence-corrected chi connectivity index (χ3v) is 7.90. The molecule has 2 aliphatic heterocycles. The molecular formula is C25H24Cl2FN3O3S. The molecule has 2 aliphatic rings. The second-order valence-corrected chi connectivity index (χ2v) is 11.5. The van der Waals surface area contributed by atoms with Gasteiger partial charge < -0.3 is 10.6 Å². The molecule has 2 heterocycles. The van der Waals surface area contributed by atoms with Gasteiger partial charge in [0, 0.05) is 23.7 Å². The molecule has 0 aromatic heterocycles. The fraction of sp³-hybridized carbons (Fsp3) is 0.280. The van der Waals surface area contributed by atoms with Crippen LogP contribution in [0.5, 0.6) is 0 Å². The van der Waals surface area contributed by atoms with Crippen LogP contribution in [0.1, 0.15) is 24.8 Å². The van der Waals surface area contributed by atoms with E-state index in [-0.39, 0.29) is 27.8 Å². The molecule has 2 N–H and O–H groups in total. The molecule has 2 fully saturated rings. The van der Waals surface area contributed by atoms with E-state index in [1.807, 2.05) is 0 Å². The summed E-state index contributed by atoms with van der Waals surface area (Å²) in [6, 6.07) is 10.4. The monoisotopic (exact) mass is 535 g/mol. The van der Waals surface area contributed by atoms with Crippen LogP contribution in [-0.4, -0.2) is 49.5 Å². The van der Waals surface area contributed by atoms with Gasteiger partial charge in [-0.2, -0.15) is 0 Å². The molecule has 1 amide bonds. The molecular weight excluding hydrogens is 512 g/mol. The molecule has 0 unspecified atom stereocenters. The number of piperidine rings is 1. The number of likely N-dealkylation sites (tertiary alicyclic amines) is 1. The van der Waals surface area contributed by atoms with Crippen molar-refractivity contribution in [3.05, 3.63) is 80.7 Å². The van der Waals surface area contributed by atoms with Crippen molar-refractivity contribution in [3.8, 4) is 0 Å². The highest BCUT2D eigenvalue weighted by Crippen LogP contribution is 2.32. The second kappa shape index (κ2) is 10.5. The van der Waals surface area contributed by atoms with E-state index < -0.39 is 27.3 Å². The van der Waals surface area contributed by atoms with Crippen molar-refractivity contribution in [2.24, 2.45) is 10.7 Å². The Morgan fingerprint density at radius 3 is 2.37 bits per heavy atom. The van der Waals surface area contributed by atoms with Crippen molar-refractivity contribution < 1.29 is 17.6 Å². The van der Waals surface area contributed by atoms with E-state index in [2.05, 4.69) is 4.99 Å². The van der Waals surface area contributed by atoms with Crippen molar-refractivity contribution in [1.29, 1.82) is 0 Å². The van der Waals surface area contributed by atoms with Crippen LogP contribution in [0, 0.1) is 5.82 Å². The summed E-state index contributed by atoms with van der Waals surface area (Å²) in [5.41, 5.74) is 7.84. The summed E-state index contributed by atoms with van der Waals surface area (Å²) in [6.07, 6.45) is 4.37. The molecule has 0 aliphatic carbocycles. The van der Waals surface area contributed by atoms with Gasteiger partial charge in [-0.25, -0.2) is 17.8 Å². The van der Waals surface area contributed by atoms with Gasteiger partial charge in [-0.1, -0.05) is 35.3 Å². The minimum Gasteiger partial charge on any atom is -0.394 e. The molecule has 2 aromatic rings. The van der Waals surface area contributed by atoms with Crippen LogP contribution < -0.4 is 5.73 Å². The Morgan fingerprint density at radius 1 is 1.03 bits per heavy atom. The lowest BCUT2D eigenvalue weighted by atomic mass is 9.98. The summed E-state index contributed by atoms with van der Waals surface area (Å²) < 4.78 is 39.3. The van der Waals surface area contributed by atoms with Crippen LogP contribution in [0.3, 0.4) is 0 Å². The number of nitrogens with zero attached hydrogens (tertiary/aromatic N) is 2. The summed E-state index contributed by atoms with van der Waals surface area (Å²) in [5, 5.41) is 0.683. The fourth-order valence-corrected chi connectivity index (χ4v) is 6.12. The van der Waals surface area contributed by atoms with Crippen molar-refractivity contribution in [3.63, 3.8) is 0 Å². The molecule has 184 valence electrons. The Hall–Kier alpha value is -2.68. The van der Waals surface area contributed by atoms with Crippen LogP contribution >= 0.6 is 23.2 Å². The molecule has 6 nitrogen and oxygen atoms in total. The van der Waals surface area contributed by atoms with Gasteiger partial charge in [-0.3, -0.25) is 4.79 Å². The number of nitrogens with two attached hydrogens (primary N) is 1. The summed E-state index contributed by atoms with van der Waals surface area (Å²) in [7, 11) is -3.65. The first-order valence-electron chi connectivity index (χ1n) is 11.1. The maximum absolute atomic E-state index is 13.4. The molecule has 35 heavy (non-hydrogen) atoms. The average Bonchev–Trinajstić information content (AvgIpc) is 2.82. The number of sulfone groups is 1. The maximum atomic E-state index is 13.4. The highest BCUT2D eigenvalue weighted by molar-refractivity contribution is 7.92. The molecule has 2 aromatic carbocycles. The molecule has 2 saturated heterocycles. The topological polar surface area (TPSA) is 92.8 Å². The number of carbonyl (C=O) groups is 1. The smallest absolute Gasteiger partial charge is 0.270 e. The van der Waals surface area contributed by atoms with Crippen LogP contribution in [0.15, 0.2) is 64.3 Å². The number of amides is 1. The van der Waals surface area contributed by atoms with Gasteiger partial charge in [-0.15, -0.1) is 0 Å². The van der Waals surface area contributed by atoms with E-state index in [0.717, 1.165) is 19.3 Å². The molecule has 0 atom stereocenters. The highest BCUT2D eigenvalue weighted by Gasteiger charge is 2.34. The lowest BCUT2D eigenvalue weighted by molar-refractivity contribution is -0.128. The van der Waals surface area contributed by atoms with Crippen molar-refractivity contribution in [1.82, 2.24) is 4.90 Å². The number of halogens is 3. The fourth-order valence-electron chi connectivity index (χ4n) is 4.14. The quantitative estimate of drug-likeness (QED) is 0.563. The predicted molar refractivity (Wildman–Crippen MR) is 138 cm³/mol. The zero-order valence-corrected chi connectivity index (χ0v) is 21.1. The van der Waals surface area contributed by atoms with Gasteiger partial charge >= 0.3 is 0 Å². The van der Waals surface area contributed by atoms with E-state index in [0.29, 0.717) is 34.9 Å². The summed E-state index contributed by atoms with van der Waals surface area (Å²) in [6.45, 7) is 1.13.